The van der Waals surface area contributed by atoms with Crippen molar-refractivity contribution >= 4 is 23.6 Å². The summed E-state index contributed by atoms with van der Waals surface area (Å²) >= 11 is 0. The number of rotatable bonds is 7. The molecule has 0 aliphatic rings. The molecule has 3 amide bonds. The van der Waals surface area contributed by atoms with Crippen molar-refractivity contribution in [2.75, 3.05) is 19.5 Å². The van der Waals surface area contributed by atoms with Gasteiger partial charge in [0.2, 0.25) is 5.91 Å². The molecule has 0 aliphatic carbocycles. The van der Waals surface area contributed by atoms with E-state index in [-0.39, 0.29) is 11.3 Å². The first-order chi connectivity index (χ1) is 15.4. The Morgan fingerprint density at radius 3 is 2.18 bits per heavy atom. The number of phenols is 1. The van der Waals surface area contributed by atoms with Crippen molar-refractivity contribution in [1.82, 2.24) is 10.2 Å². The van der Waals surface area contributed by atoms with Crippen LogP contribution in [0.25, 0.3) is 0 Å². The number of hydrogen-bond acceptors (Lipinski definition) is 6. The molecular formula is C24H31N3O6. The van der Waals surface area contributed by atoms with Crippen LogP contribution in [0.1, 0.15) is 39.3 Å². The molecular weight excluding hydrogens is 426 g/mol. The molecule has 2 aromatic rings. The van der Waals surface area contributed by atoms with E-state index in [2.05, 4.69) is 10.6 Å². The number of carbonyl (C=O) groups is 3. The first kappa shape index (κ1) is 25.5. The van der Waals surface area contributed by atoms with Gasteiger partial charge in [0.1, 0.15) is 29.2 Å². The molecule has 2 atom stereocenters. The van der Waals surface area contributed by atoms with E-state index in [9.17, 15) is 19.5 Å². The van der Waals surface area contributed by atoms with Crippen LogP contribution in [0.5, 0.6) is 11.5 Å². The third kappa shape index (κ3) is 7.13. The lowest BCUT2D eigenvalue weighted by atomic mass is 10.0. The maximum absolute atomic E-state index is 13.2. The third-order valence-corrected chi connectivity index (χ3v) is 4.68. The zero-order chi connectivity index (χ0) is 24.8. The number of alkyl carbamates (subject to hydrolysis) is 1. The molecule has 0 aliphatic heterocycles. The molecule has 9 heteroatoms. The Morgan fingerprint density at radius 2 is 1.64 bits per heavy atom. The van der Waals surface area contributed by atoms with E-state index in [1.807, 2.05) is 0 Å². The standard InChI is InChI=1S/C24H31N3O6/c1-15(25-23(31)33-24(2,3)4)22(30)27(5)20(18-9-7-8-10-19(18)28)21(29)26-16-11-13-17(32-6)14-12-16/h7-15,20,28H,1-6H3,(H,25,31)(H,26,29). The lowest BCUT2D eigenvalue weighted by Crippen LogP contribution is -2.49. The zero-order valence-electron chi connectivity index (χ0n) is 19.7. The number of nitrogens with one attached hydrogen (secondary N) is 2. The fourth-order valence-electron chi connectivity index (χ4n) is 3.11. The molecule has 2 rings (SSSR count). The largest absolute Gasteiger partial charge is 0.508 e. The molecule has 0 aromatic heterocycles. The molecule has 2 unspecified atom stereocenters. The maximum atomic E-state index is 13.2. The normalized spacial score (nSPS) is 12.8. The van der Waals surface area contributed by atoms with Crippen molar-refractivity contribution in [2.45, 2.75) is 45.4 Å². The predicted molar refractivity (Wildman–Crippen MR) is 124 cm³/mol. The Hall–Kier alpha value is -3.75. The first-order valence-electron chi connectivity index (χ1n) is 10.4. The highest BCUT2D eigenvalue weighted by molar-refractivity contribution is 5.99. The van der Waals surface area contributed by atoms with E-state index in [1.54, 1.807) is 63.2 Å². The number of anilines is 1. The molecule has 0 saturated carbocycles. The van der Waals surface area contributed by atoms with Gasteiger partial charge in [0.05, 0.1) is 7.11 Å². The van der Waals surface area contributed by atoms with E-state index in [1.165, 1.54) is 32.0 Å². The maximum Gasteiger partial charge on any atom is 0.408 e. The second-order valence-electron chi connectivity index (χ2n) is 8.50. The van der Waals surface area contributed by atoms with Crippen LogP contribution in [0.2, 0.25) is 0 Å². The van der Waals surface area contributed by atoms with E-state index in [4.69, 9.17) is 9.47 Å². The van der Waals surface area contributed by atoms with Crippen LogP contribution in [-0.4, -0.2) is 53.7 Å². The highest BCUT2D eigenvalue weighted by Crippen LogP contribution is 2.30. The SMILES string of the molecule is COc1ccc(NC(=O)C(c2ccccc2O)N(C)C(=O)C(C)NC(=O)OC(C)(C)C)cc1. The van der Waals surface area contributed by atoms with Gasteiger partial charge in [-0.25, -0.2) is 4.79 Å². The van der Waals surface area contributed by atoms with Crippen molar-refractivity contribution in [3.63, 3.8) is 0 Å². The van der Waals surface area contributed by atoms with Crippen LogP contribution in [-0.2, 0) is 14.3 Å². The summed E-state index contributed by atoms with van der Waals surface area (Å²) in [6, 6.07) is 10.8. The second-order valence-corrected chi connectivity index (χ2v) is 8.50. The van der Waals surface area contributed by atoms with Gasteiger partial charge >= 0.3 is 6.09 Å². The number of phenolic OH excluding ortho intramolecular Hbond substituents is 1. The average molecular weight is 458 g/mol. The molecule has 33 heavy (non-hydrogen) atoms. The second kappa shape index (κ2) is 10.7. The van der Waals surface area contributed by atoms with Crippen molar-refractivity contribution in [1.29, 1.82) is 0 Å². The number of nitrogens with zero attached hydrogens (tertiary/aromatic N) is 1. The summed E-state index contributed by atoms with van der Waals surface area (Å²) in [6.07, 6.45) is -0.751. The fraction of sp³-hybridized carbons (Fsp3) is 0.375. The summed E-state index contributed by atoms with van der Waals surface area (Å²) in [5.74, 6) is -0.597. The molecule has 0 bridgehead atoms. The number of benzene rings is 2. The van der Waals surface area contributed by atoms with Gasteiger partial charge in [0, 0.05) is 18.3 Å². The van der Waals surface area contributed by atoms with Gasteiger partial charge in [-0.15, -0.1) is 0 Å². The van der Waals surface area contributed by atoms with Crippen LogP contribution < -0.4 is 15.4 Å². The summed E-state index contributed by atoms with van der Waals surface area (Å²) < 4.78 is 10.3. The minimum atomic E-state index is -1.16. The molecule has 178 valence electrons. The van der Waals surface area contributed by atoms with Gasteiger partial charge in [0.15, 0.2) is 0 Å². The van der Waals surface area contributed by atoms with Crippen molar-refractivity contribution in [2.24, 2.45) is 0 Å². The monoisotopic (exact) mass is 457 g/mol. The highest BCUT2D eigenvalue weighted by Gasteiger charge is 2.33. The van der Waals surface area contributed by atoms with Crippen LogP contribution in [0, 0.1) is 0 Å². The summed E-state index contributed by atoms with van der Waals surface area (Å²) in [4.78, 5) is 39.6. The highest BCUT2D eigenvalue weighted by atomic mass is 16.6. The predicted octanol–water partition coefficient (Wildman–Crippen LogP) is 3.45. The molecule has 0 heterocycles. The van der Waals surface area contributed by atoms with Crippen molar-refractivity contribution in [3.8, 4) is 11.5 Å². The Kier molecular flexibility index (Phi) is 8.28. The molecule has 0 fully saturated rings. The van der Waals surface area contributed by atoms with E-state index >= 15 is 0 Å². The molecule has 0 saturated heterocycles. The number of methoxy groups -OCH3 is 1. The molecule has 9 nitrogen and oxygen atoms in total. The topological polar surface area (TPSA) is 117 Å². The number of likely N-dealkylation sites (N-methyl/N-ethyl adjacent to an activating group) is 1. The third-order valence-electron chi connectivity index (χ3n) is 4.68. The van der Waals surface area contributed by atoms with Crippen molar-refractivity contribution in [3.05, 3.63) is 54.1 Å². The molecule has 0 spiro atoms. The number of aromatic hydroxyl groups is 1. The Labute approximate surface area is 193 Å². The van der Waals surface area contributed by atoms with Crippen LogP contribution >= 0.6 is 0 Å². The van der Waals surface area contributed by atoms with Crippen LogP contribution in [0.15, 0.2) is 48.5 Å². The van der Waals surface area contributed by atoms with E-state index < -0.39 is 35.6 Å². The van der Waals surface area contributed by atoms with Crippen LogP contribution in [0.4, 0.5) is 10.5 Å². The van der Waals surface area contributed by atoms with Gasteiger partial charge in [-0.1, -0.05) is 18.2 Å². The summed E-state index contributed by atoms with van der Waals surface area (Å²) in [5.41, 5.74) is 0.000800. The van der Waals surface area contributed by atoms with Crippen LogP contribution in [0.3, 0.4) is 0 Å². The lowest BCUT2D eigenvalue weighted by molar-refractivity contribution is -0.138. The number of amides is 3. The Morgan fingerprint density at radius 1 is 1.03 bits per heavy atom. The van der Waals surface area contributed by atoms with E-state index in [0.717, 1.165) is 0 Å². The molecule has 3 N–H and O–H groups in total. The van der Waals surface area contributed by atoms with Crippen molar-refractivity contribution < 1.29 is 29.0 Å². The number of ether oxygens (including phenoxy) is 2. The summed E-state index contributed by atoms with van der Waals surface area (Å²) in [6.45, 7) is 6.63. The van der Waals surface area contributed by atoms with Gasteiger partial charge in [0.25, 0.3) is 5.91 Å². The number of para-hydroxylation sites is 1. The number of hydrogen-bond donors (Lipinski definition) is 3. The molecule has 0 radical (unpaired) electrons. The minimum absolute atomic E-state index is 0.139. The van der Waals surface area contributed by atoms with Gasteiger partial charge in [-0.05, 0) is 58.0 Å². The van der Waals surface area contributed by atoms with Gasteiger partial charge in [-0.2, -0.15) is 0 Å². The zero-order valence-corrected chi connectivity index (χ0v) is 19.7. The average Bonchev–Trinajstić information content (AvgIpc) is 2.73. The smallest absolute Gasteiger partial charge is 0.408 e. The van der Waals surface area contributed by atoms with Gasteiger partial charge in [-0.3, -0.25) is 9.59 Å². The minimum Gasteiger partial charge on any atom is -0.508 e. The summed E-state index contributed by atoms with van der Waals surface area (Å²) in [5, 5.41) is 15.6. The Balaban J connectivity index is 2.27. The lowest BCUT2D eigenvalue weighted by Gasteiger charge is -2.30. The number of carbonyl (C=O) groups excluding carboxylic acids is 3. The molecule has 2 aromatic carbocycles. The van der Waals surface area contributed by atoms with Gasteiger partial charge < -0.3 is 30.1 Å². The Bertz CT molecular complexity index is 984. The summed E-state index contributed by atoms with van der Waals surface area (Å²) in [7, 11) is 2.97. The van der Waals surface area contributed by atoms with E-state index in [0.29, 0.717) is 11.4 Å². The first-order valence-corrected chi connectivity index (χ1v) is 10.4. The fourth-order valence-corrected chi connectivity index (χ4v) is 3.11. The quantitative estimate of drug-likeness (QED) is 0.586.